The molecule has 0 atom stereocenters. The Bertz CT molecular complexity index is 5990. The molecule has 0 saturated heterocycles. The van der Waals surface area contributed by atoms with Crippen LogP contribution in [0.2, 0.25) is 0 Å². The fourth-order valence-corrected chi connectivity index (χ4v) is 14.4. The van der Waals surface area contributed by atoms with Gasteiger partial charge in [0.1, 0.15) is 5.82 Å². The summed E-state index contributed by atoms with van der Waals surface area (Å²) in [6, 6.07) is 116. The minimum atomic E-state index is 0.550. The van der Waals surface area contributed by atoms with Gasteiger partial charge >= 0.3 is 0 Å². The van der Waals surface area contributed by atoms with E-state index in [9.17, 15) is 0 Å². The van der Waals surface area contributed by atoms with E-state index in [2.05, 4.69) is 243 Å². The highest BCUT2D eigenvalue weighted by Crippen LogP contribution is 2.41. The van der Waals surface area contributed by atoms with Crippen LogP contribution in [-0.2, 0) is 0 Å². The number of pyridine rings is 2. The lowest BCUT2D eigenvalue weighted by atomic mass is 10.0. The van der Waals surface area contributed by atoms with Crippen molar-refractivity contribution in [3.05, 3.63) is 346 Å². The first-order chi connectivity index (χ1) is 49.6. The largest absolute Gasteiger partial charge is 0.309 e. The lowest BCUT2D eigenvalue weighted by Crippen LogP contribution is -2.06. The SMILES string of the molecule is c1ccc(-c2cc(-n3c4ccc(-c5ccc6c(c5)c5ccccc5n6-c5ccccc5)cc4c4ncccc43)nc(-c3ccccc3)n2)cc1.c1ccc(-c2nc(-c3ccccc3)nc(-n3c4ccc(-c5ccc6c(c5)c5ccccc5n6-c5ccccc5)cc4c4ncccc43)n2)cc1. The Hall–Kier alpha value is -13.8. The molecule has 0 N–H and O–H groups in total. The molecule has 468 valence electrons. The van der Waals surface area contributed by atoms with Crippen LogP contribution in [0.5, 0.6) is 0 Å². The summed E-state index contributed by atoms with van der Waals surface area (Å²) in [6.07, 6.45) is 3.72. The molecule has 0 aliphatic heterocycles. The number of benzene rings is 12. The topological polar surface area (TPSA) is 110 Å². The van der Waals surface area contributed by atoms with Gasteiger partial charge in [0, 0.05) is 84.4 Å². The maximum Gasteiger partial charge on any atom is 0.238 e. The third kappa shape index (κ3) is 9.94. The fourth-order valence-electron chi connectivity index (χ4n) is 14.4. The average molecular weight is 1280 g/mol. The molecule has 11 nitrogen and oxygen atoms in total. The Morgan fingerprint density at radius 1 is 0.200 bits per heavy atom. The first kappa shape index (κ1) is 57.7. The Labute approximate surface area is 574 Å². The lowest BCUT2D eigenvalue weighted by molar-refractivity contribution is 0.953. The number of fused-ring (bicyclic) bond motifs is 12. The number of aromatic nitrogens is 11. The fraction of sp³-hybridized carbons (Fsp3) is 0. The van der Waals surface area contributed by atoms with E-state index in [0.29, 0.717) is 23.4 Å². The molecular weight excluding hydrogens is 1220 g/mol. The maximum absolute atomic E-state index is 5.16. The second kappa shape index (κ2) is 24.2. The first-order valence-electron chi connectivity index (χ1n) is 33.4. The van der Waals surface area contributed by atoms with Crippen LogP contribution in [0.3, 0.4) is 0 Å². The van der Waals surface area contributed by atoms with E-state index in [-0.39, 0.29) is 0 Å². The van der Waals surface area contributed by atoms with Crippen LogP contribution in [0.25, 0.3) is 178 Å². The second-order valence-electron chi connectivity index (χ2n) is 24.9. The number of hydrogen-bond donors (Lipinski definition) is 0. The second-order valence-corrected chi connectivity index (χ2v) is 24.9. The van der Waals surface area contributed by atoms with Gasteiger partial charge in [0.2, 0.25) is 5.95 Å². The molecule has 0 radical (unpaired) electrons. The van der Waals surface area contributed by atoms with Crippen LogP contribution in [0.4, 0.5) is 0 Å². The van der Waals surface area contributed by atoms with Crippen LogP contribution in [0, 0.1) is 0 Å². The lowest BCUT2D eigenvalue weighted by Gasteiger charge is -2.12. The summed E-state index contributed by atoms with van der Waals surface area (Å²) in [5.74, 6) is 3.27. The molecule has 0 spiro atoms. The molecule has 0 aliphatic rings. The standard InChI is InChI=1S/C45H29N5.C44H28N6/c1-4-13-30(14-5-1)38-29-43(48-45(47-38)31-15-6-2-7-16-31)50-41-25-23-33(28-37(41)44-42(50)21-12-26-46-44)32-22-24-40-36(27-32)35-19-10-11-20-39(35)49(40)34-17-8-3-9-18-34;1-4-13-29(14-5-1)42-46-43(30-15-6-2-7-16-30)48-44(47-42)50-39-25-23-32(28-36(39)41-40(50)21-12-26-45-41)31-22-24-38-35(27-31)34-19-10-11-20-37(34)49(38)33-17-8-3-9-18-33/h1-29H;1-28H. The molecule has 0 aliphatic carbocycles. The van der Waals surface area contributed by atoms with E-state index < -0.39 is 0 Å². The van der Waals surface area contributed by atoms with Crippen LogP contribution in [0.15, 0.2) is 346 Å². The minimum absolute atomic E-state index is 0.550. The molecule has 0 saturated carbocycles. The molecular formula is C89H57N11. The Kier molecular flexibility index (Phi) is 13.9. The number of para-hydroxylation sites is 4. The van der Waals surface area contributed by atoms with Crippen molar-refractivity contribution in [2.24, 2.45) is 0 Å². The number of rotatable bonds is 10. The van der Waals surface area contributed by atoms with Gasteiger partial charge in [-0.1, -0.05) is 218 Å². The smallest absolute Gasteiger partial charge is 0.238 e. The van der Waals surface area contributed by atoms with Crippen molar-refractivity contribution in [2.75, 3.05) is 0 Å². The van der Waals surface area contributed by atoms with Crippen molar-refractivity contribution in [3.63, 3.8) is 0 Å². The van der Waals surface area contributed by atoms with Gasteiger partial charge in [-0.25, -0.2) is 15.0 Å². The summed E-state index contributed by atoms with van der Waals surface area (Å²) in [6.45, 7) is 0. The molecule has 8 aromatic heterocycles. The molecule has 20 rings (SSSR count). The van der Waals surface area contributed by atoms with Gasteiger partial charge in [0.05, 0.1) is 60.9 Å². The highest BCUT2D eigenvalue weighted by molar-refractivity contribution is 6.14. The van der Waals surface area contributed by atoms with Gasteiger partial charge in [-0.15, -0.1) is 0 Å². The molecule has 11 heteroatoms. The van der Waals surface area contributed by atoms with E-state index in [1.54, 1.807) is 0 Å². The van der Waals surface area contributed by atoms with Crippen molar-refractivity contribution >= 4 is 87.5 Å². The molecule has 12 aromatic carbocycles. The summed E-state index contributed by atoms with van der Waals surface area (Å²) < 4.78 is 9.03. The summed E-state index contributed by atoms with van der Waals surface area (Å²) in [7, 11) is 0. The van der Waals surface area contributed by atoms with Crippen LogP contribution >= 0.6 is 0 Å². The van der Waals surface area contributed by atoms with E-state index in [0.717, 1.165) is 111 Å². The Morgan fingerprint density at radius 2 is 0.540 bits per heavy atom. The van der Waals surface area contributed by atoms with Crippen molar-refractivity contribution in [2.45, 2.75) is 0 Å². The molecule has 20 aromatic rings. The zero-order valence-corrected chi connectivity index (χ0v) is 53.8. The highest BCUT2D eigenvalue weighted by Gasteiger charge is 2.23. The van der Waals surface area contributed by atoms with Gasteiger partial charge in [-0.05, 0) is 131 Å². The van der Waals surface area contributed by atoms with Gasteiger partial charge in [0.15, 0.2) is 17.5 Å². The number of hydrogen-bond acceptors (Lipinski definition) is 7. The van der Waals surface area contributed by atoms with E-state index in [1.165, 1.54) is 43.6 Å². The Balaban J connectivity index is 0.000000139. The van der Waals surface area contributed by atoms with E-state index in [4.69, 9.17) is 34.9 Å². The van der Waals surface area contributed by atoms with E-state index >= 15 is 0 Å². The zero-order valence-electron chi connectivity index (χ0n) is 53.8. The minimum Gasteiger partial charge on any atom is -0.309 e. The molecule has 0 amide bonds. The molecule has 0 bridgehead atoms. The summed E-state index contributed by atoms with van der Waals surface area (Å²) in [5.41, 5.74) is 22.1. The quantitative estimate of drug-likeness (QED) is 0.134. The van der Waals surface area contributed by atoms with Crippen molar-refractivity contribution < 1.29 is 0 Å². The molecule has 8 heterocycles. The van der Waals surface area contributed by atoms with Gasteiger partial charge in [0.25, 0.3) is 0 Å². The average Bonchev–Trinajstić information content (AvgIpc) is 1.63. The van der Waals surface area contributed by atoms with Crippen molar-refractivity contribution in [1.82, 2.24) is 53.2 Å². The van der Waals surface area contributed by atoms with Crippen molar-refractivity contribution in [1.29, 1.82) is 0 Å². The Morgan fingerprint density at radius 3 is 0.990 bits per heavy atom. The van der Waals surface area contributed by atoms with Crippen LogP contribution in [-0.4, -0.2) is 53.2 Å². The third-order valence-corrected chi connectivity index (χ3v) is 19.0. The van der Waals surface area contributed by atoms with Gasteiger partial charge in [-0.2, -0.15) is 9.97 Å². The third-order valence-electron chi connectivity index (χ3n) is 19.0. The van der Waals surface area contributed by atoms with Crippen LogP contribution in [0.1, 0.15) is 0 Å². The summed E-state index contributed by atoms with van der Waals surface area (Å²) in [5, 5.41) is 7.02. The van der Waals surface area contributed by atoms with Crippen molar-refractivity contribution in [3.8, 4) is 90.8 Å². The zero-order chi connectivity index (χ0) is 66.0. The summed E-state index contributed by atoms with van der Waals surface area (Å²) in [4.78, 5) is 35.0. The van der Waals surface area contributed by atoms with Gasteiger partial charge < -0.3 is 9.13 Å². The number of nitrogens with zero attached hydrogens (tertiary/aromatic N) is 11. The molecule has 100 heavy (non-hydrogen) atoms. The monoisotopic (exact) mass is 1280 g/mol. The predicted octanol–water partition coefficient (Wildman–Crippen LogP) is 21.5. The summed E-state index contributed by atoms with van der Waals surface area (Å²) >= 11 is 0. The predicted molar refractivity (Wildman–Crippen MR) is 407 cm³/mol. The van der Waals surface area contributed by atoms with E-state index in [1.807, 2.05) is 122 Å². The van der Waals surface area contributed by atoms with Gasteiger partial charge in [-0.3, -0.25) is 19.1 Å². The van der Waals surface area contributed by atoms with Crippen LogP contribution < -0.4 is 0 Å². The maximum atomic E-state index is 5.16. The molecule has 0 unspecified atom stereocenters. The normalized spacial score (nSPS) is 11.6. The molecule has 0 fully saturated rings. The highest BCUT2D eigenvalue weighted by atomic mass is 15.2. The first-order valence-corrected chi connectivity index (χ1v) is 33.4.